The monoisotopic (exact) mass is 580 g/mol. The standard InChI is InChI=1S/C33H36N6O2S/c1-39-27-8-4-3-6-21(27)16-28(39)33(40)38-26-14-9-20(17-29(26)41-2)25-19-42-31-22(18-37-32(35)30(25)31)7-5-15-36-24-12-10-23(34)11-13-24/h3-9,14,16-19,23-24,36H,10-13,15,34H2,1-2H3,(H2,35,37)(H,38,40)/b7-5+. The maximum Gasteiger partial charge on any atom is 0.272 e. The number of nitrogens with one attached hydrogen (secondary N) is 2. The number of thiophene rings is 1. The molecule has 0 aliphatic heterocycles. The van der Waals surface area contributed by atoms with Crippen molar-refractivity contribution in [3.8, 4) is 16.9 Å². The summed E-state index contributed by atoms with van der Waals surface area (Å²) in [5.74, 6) is 0.852. The highest BCUT2D eigenvalue weighted by Crippen LogP contribution is 2.41. The molecular formula is C33H36N6O2S. The molecule has 1 saturated carbocycles. The Labute approximate surface area is 249 Å². The number of rotatable bonds is 8. The molecule has 2 aromatic carbocycles. The van der Waals surface area contributed by atoms with Gasteiger partial charge in [-0.25, -0.2) is 4.98 Å². The third kappa shape index (κ3) is 5.51. The van der Waals surface area contributed by atoms with Crippen molar-refractivity contribution in [2.75, 3.05) is 24.7 Å². The minimum atomic E-state index is -0.202. The van der Waals surface area contributed by atoms with Gasteiger partial charge in [-0.15, -0.1) is 11.3 Å². The molecule has 0 spiro atoms. The van der Waals surface area contributed by atoms with Crippen molar-refractivity contribution < 1.29 is 9.53 Å². The molecule has 3 heterocycles. The summed E-state index contributed by atoms with van der Waals surface area (Å²) in [6, 6.07) is 16.5. The van der Waals surface area contributed by atoms with Crippen LogP contribution in [0.2, 0.25) is 0 Å². The van der Waals surface area contributed by atoms with Gasteiger partial charge in [-0.2, -0.15) is 0 Å². The van der Waals surface area contributed by atoms with Crippen LogP contribution in [0.4, 0.5) is 11.5 Å². The van der Waals surface area contributed by atoms with Crippen LogP contribution in [0.15, 0.2) is 66.2 Å². The molecule has 5 aromatic rings. The molecule has 0 saturated heterocycles. The van der Waals surface area contributed by atoms with Gasteiger partial charge in [-0.3, -0.25) is 4.79 Å². The van der Waals surface area contributed by atoms with Gasteiger partial charge >= 0.3 is 0 Å². The Bertz CT molecular complexity index is 1780. The molecule has 1 fully saturated rings. The molecule has 42 heavy (non-hydrogen) atoms. The number of nitrogen functional groups attached to an aromatic ring is 1. The molecule has 1 aliphatic carbocycles. The van der Waals surface area contributed by atoms with Crippen molar-refractivity contribution in [3.05, 3.63) is 77.4 Å². The fraction of sp³-hybridized carbons (Fsp3) is 0.273. The lowest BCUT2D eigenvalue weighted by Gasteiger charge is -2.26. The van der Waals surface area contributed by atoms with E-state index < -0.39 is 0 Å². The lowest BCUT2D eigenvalue weighted by atomic mass is 9.92. The van der Waals surface area contributed by atoms with Crippen molar-refractivity contribution in [1.82, 2.24) is 14.9 Å². The Balaban J connectivity index is 1.22. The van der Waals surface area contributed by atoms with E-state index in [-0.39, 0.29) is 5.91 Å². The number of aryl methyl sites for hydroxylation is 1. The smallest absolute Gasteiger partial charge is 0.272 e. The van der Waals surface area contributed by atoms with Gasteiger partial charge in [0, 0.05) is 64.0 Å². The van der Waals surface area contributed by atoms with E-state index in [2.05, 4.69) is 33.1 Å². The second-order valence-corrected chi connectivity index (χ2v) is 11.8. The highest BCUT2D eigenvalue weighted by molar-refractivity contribution is 7.18. The predicted octanol–water partition coefficient (Wildman–Crippen LogP) is 6.17. The lowest BCUT2D eigenvalue weighted by Crippen LogP contribution is -2.37. The average Bonchev–Trinajstić information content (AvgIpc) is 3.60. The Morgan fingerprint density at radius 3 is 2.76 bits per heavy atom. The second-order valence-electron chi connectivity index (χ2n) is 10.9. The fourth-order valence-electron chi connectivity index (χ4n) is 5.82. The first-order chi connectivity index (χ1) is 20.4. The van der Waals surface area contributed by atoms with E-state index >= 15 is 0 Å². The number of aromatic nitrogens is 2. The van der Waals surface area contributed by atoms with E-state index in [9.17, 15) is 4.79 Å². The molecule has 9 heteroatoms. The van der Waals surface area contributed by atoms with Gasteiger partial charge in [0.15, 0.2) is 0 Å². The number of amides is 1. The van der Waals surface area contributed by atoms with Gasteiger partial charge in [-0.05, 0) is 60.9 Å². The zero-order valence-electron chi connectivity index (χ0n) is 23.9. The van der Waals surface area contributed by atoms with Crippen LogP contribution in [0.5, 0.6) is 5.75 Å². The molecule has 0 radical (unpaired) electrons. The summed E-state index contributed by atoms with van der Waals surface area (Å²) in [7, 11) is 3.50. The molecule has 3 aromatic heterocycles. The first kappa shape index (κ1) is 28.0. The van der Waals surface area contributed by atoms with E-state index in [4.69, 9.17) is 16.2 Å². The number of anilines is 2. The number of nitrogens with two attached hydrogens (primary N) is 2. The minimum absolute atomic E-state index is 0.202. The van der Waals surface area contributed by atoms with Crippen LogP contribution in [0.25, 0.3) is 38.2 Å². The number of carbonyl (C=O) groups is 1. The van der Waals surface area contributed by atoms with E-state index in [1.165, 1.54) is 0 Å². The number of carbonyl (C=O) groups excluding carboxylic acids is 1. The number of fused-ring (bicyclic) bond motifs is 2. The van der Waals surface area contributed by atoms with Gasteiger partial charge < -0.3 is 31.4 Å². The molecule has 8 nitrogen and oxygen atoms in total. The Morgan fingerprint density at radius 1 is 1.17 bits per heavy atom. The zero-order chi connectivity index (χ0) is 29.2. The summed E-state index contributed by atoms with van der Waals surface area (Å²) < 4.78 is 8.69. The third-order valence-corrected chi connectivity index (χ3v) is 9.22. The molecule has 0 atom stereocenters. The number of hydrogen-bond acceptors (Lipinski definition) is 7. The lowest BCUT2D eigenvalue weighted by molar-refractivity contribution is 0.101. The van der Waals surface area contributed by atoms with Crippen LogP contribution >= 0.6 is 11.3 Å². The van der Waals surface area contributed by atoms with Crippen LogP contribution in [0, 0.1) is 0 Å². The van der Waals surface area contributed by atoms with Crippen molar-refractivity contribution in [1.29, 1.82) is 0 Å². The maximum absolute atomic E-state index is 13.2. The number of hydrogen-bond donors (Lipinski definition) is 4. The molecule has 1 amide bonds. The van der Waals surface area contributed by atoms with E-state index in [1.54, 1.807) is 18.4 Å². The summed E-state index contributed by atoms with van der Waals surface area (Å²) in [5, 5.41) is 10.7. The van der Waals surface area contributed by atoms with Crippen molar-refractivity contribution in [3.63, 3.8) is 0 Å². The average molecular weight is 581 g/mol. The molecule has 0 bridgehead atoms. The number of methoxy groups -OCH3 is 1. The van der Waals surface area contributed by atoms with Gasteiger partial charge in [-0.1, -0.05) is 36.4 Å². The first-order valence-corrected chi connectivity index (χ1v) is 15.2. The molecule has 216 valence electrons. The van der Waals surface area contributed by atoms with E-state index in [0.717, 1.165) is 69.9 Å². The van der Waals surface area contributed by atoms with Crippen LogP contribution < -0.4 is 26.8 Å². The number of nitrogens with zero attached hydrogens (tertiary/aromatic N) is 2. The van der Waals surface area contributed by atoms with Gasteiger partial charge in [0.2, 0.25) is 0 Å². The highest BCUT2D eigenvalue weighted by Gasteiger charge is 2.19. The number of ether oxygens (including phenoxy) is 1. The van der Waals surface area contributed by atoms with Gasteiger partial charge in [0.05, 0.1) is 12.8 Å². The van der Waals surface area contributed by atoms with E-state index in [1.807, 2.05) is 66.3 Å². The highest BCUT2D eigenvalue weighted by atomic mass is 32.1. The van der Waals surface area contributed by atoms with Crippen LogP contribution in [-0.4, -0.2) is 41.2 Å². The normalized spacial score (nSPS) is 17.3. The van der Waals surface area contributed by atoms with Crippen LogP contribution in [0.3, 0.4) is 0 Å². The quantitative estimate of drug-likeness (QED) is 0.174. The largest absolute Gasteiger partial charge is 0.495 e. The summed E-state index contributed by atoms with van der Waals surface area (Å²) >= 11 is 1.65. The maximum atomic E-state index is 13.2. The molecule has 6 N–H and O–H groups in total. The first-order valence-electron chi connectivity index (χ1n) is 14.3. The summed E-state index contributed by atoms with van der Waals surface area (Å²) in [6.07, 6.45) is 10.5. The Morgan fingerprint density at radius 2 is 1.98 bits per heavy atom. The molecule has 6 rings (SSSR count). The van der Waals surface area contributed by atoms with Gasteiger partial charge in [0.25, 0.3) is 5.91 Å². The van der Waals surface area contributed by atoms with Crippen LogP contribution in [0.1, 0.15) is 41.7 Å². The Hall–Kier alpha value is -4.18. The number of pyridine rings is 1. The zero-order valence-corrected chi connectivity index (χ0v) is 24.7. The molecular weight excluding hydrogens is 544 g/mol. The topological polar surface area (TPSA) is 120 Å². The van der Waals surface area contributed by atoms with Crippen molar-refractivity contribution >= 4 is 55.8 Å². The Kier molecular flexibility index (Phi) is 7.97. The molecule has 0 unspecified atom stereocenters. The fourth-order valence-corrected chi connectivity index (χ4v) is 6.90. The second kappa shape index (κ2) is 12.0. The third-order valence-electron chi connectivity index (χ3n) is 8.19. The summed E-state index contributed by atoms with van der Waals surface area (Å²) in [6.45, 7) is 0.799. The van der Waals surface area contributed by atoms with Crippen LogP contribution in [-0.2, 0) is 7.05 Å². The number of benzene rings is 2. The van der Waals surface area contributed by atoms with Crippen molar-refractivity contribution in [2.24, 2.45) is 12.8 Å². The van der Waals surface area contributed by atoms with Crippen molar-refractivity contribution in [2.45, 2.75) is 37.8 Å². The SMILES string of the molecule is COc1cc(-c2csc3c(/C=C/CNC4CCC(N)CC4)cnc(N)c23)ccc1NC(=O)c1cc2ccccc2n1C. The number of para-hydroxylation sites is 1. The van der Waals surface area contributed by atoms with E-state index in [0.29, 0.717) is 35.0 Å². The molecule has 1 aliphatic rings. The predicted molar refractivity (Wildman–Crippen MR) is 174 cm³/mol. The summed E-state index contributed by atoms with van der Waals surface area (Å²) in [4.78, 5) is 17.7. The van der Waals surface area contributed by atoms with Gasteiger partial charge in [0.1, 0.15) is 17.3 Å². The summed E-state index contributed by atoms with van der Waals surface area (Å²) in [5.41, 5.74) is 17.6. The minimum Gasteiger partial charge on any atom is -0.495 e.